The van der Waals surface area contributed by atoms with Crippen molar-refractivity contribution in [2.75, 3.05) is 29.5 Å². The maximum atomic E-state index is 11.9. The van der Waals surface area contributed by atoms with Gasteiger partial charge < -0.3 is 15.4 Å². The molecule has 4 nitrogen and oxygen atoms in total. The summed E-state index contributed by atoms with van der Waals surface area (Å²) in [7, 11) is 0. The summed E-state index contributed by atoms with van der Waals surface area (Å²) in [5.41, 5.74) is 7.19. The summed E-state index contributed by atoms with van der Waals surface area (Å²) in [5, 5.41) is 0.576. The number of nitrogens with zero attached hydrogens (tertiary/aromatic N) is 1. The van der Waals surface area contributed by atoms with Gasteiger partial charge in [-0.1, -0.05) is 13.8 Å². The van der Waals surface area contributed by atoms with E-state index in [1.165, 1.54) is 0 Å². The normalized spacial score (nSPS) is 14.6. The lowest BCUT2D eigenvalue weighted by molar-refractivity contribution is -0.121. The topological polar surface area (TPSA) is 55.6 Å². The van der Waals surface area contributed by atoms with Crippen molar-refractivity contribution in [2.45, 2.75) is 19.1 Å². The number of fused-ring (bicyclic) bond motifs is 1. The summed E-state index contributed by atoms with van der Waals surface area (Å²) < 4.78 is 5.40. The number of amides is 1. The first-order valence-corrected chi connectivity index (χ1v) is 7.07. The molecule has 2 N–H and O–H groups in total. The number of hydrogen-bond acceptors (Lipinski definition) is 4. The lowest BCUT2D eigenvalue weighted by atomic mass is 10.2. The van der Waals surface area contributed by atoms with Crippen LogP contribution >= 0.6 is 11.8 Å². The SMILES string of the molecule is CC(C)SCCN1C(=O)COc2cc(N)ccc21. The second kappa shape index (κ2) is 5.52. The van der Waals surface area contributed by atoms with E-state index in [1.807, 2.05) is 17.8 Å². The third-order valence-corrected chi connectivity index (χ3v) is 3.78. The van der Waals surface area contributed by atoms with Crippen LogP contribution in [0.15, 0.2) is 18.2 Å². The fourth-order valence-electron chi connectivity index (χ4n) is 1.85. The predicted octanol–water partition coefficient (Wildman–Crippen LogP) is 2.14. The van der Waals surface area contributed by atoms with E-state index < -0.39 is 0 Å². The molecular formula is C13H18N2O2S. The Bertz CT molecular complexity index is 449. The number of ether oxygens (including phenoxy) is 1. The fourth-order valence-corrected chi connectivity index (χ4v) is 2.61. The molecule has 18 heavy (non-hydrogen) atoms. The smallest absolute Gasteiger partial charge is 0.265 e. The number of anilines is 2. The summed E-state index contributed by atoms with van der Waals surface area (Å²) in [4.78, 5) is 13.7. The van der Waals surface area contributed by atoms with E-state index in [0.717, 1.165) is 11.4 Å². The molecule has 0 saturated heterocycles. The second-order valence-corrected chi connectivity index (χ2v) is 6.17. The lowest BCUT2D eigenvalue weighted by Gasteiger charge is -2.29. The van der Waals surface area contributed by atoms with E-state index in [4.69, 9.17) is 10.5 Å². The van der Waals surface area contributed by atoms with E-state index in [2.05, 4.69) is 13.8 Å². The van der Waals surface area contributed by atoms with Crippen molar-refractivity contribution in [1.82, 2.24) is 0 Å². The van der Waals surface area contributed by atoms with Gasteiger partial charge in [-0.2, -0.15) is 11.8 Å². The first-order chi connectivity index (χ1) is 8.58. The molecule has 0 fully saturated rings. The summed E-state index contributed by atoms with van der Waals surface area (Å²) in [6.45, 7) is 5.12. The zero-order chi connectivity index (χ0) is 13.1. The van der Waals surface area contributed by atoms with E-state index >= 15 is 0 Å². The first kappa shape index (κ1) is 13.1. The highest BCUT2D eigenvalue weighted by Gasteiger charge is 2.25. The number of carbonyl (C=O) groups excluding carboxylic acids is 1. The van der Waals surface area contributed by atoms with Gasteiger partial charge in [0.15, 0.2) is 6.61 Å². The maximum absolute atomic E-state index is 11.9. The maximum Gasteiger partial charge on any atom is 0.265 e. The molecule has 1 aromatic carbocycles. The molecule has 1 aliphatic rings. The number of benzene rings is 1. The number of thioether (sulfide) groups is 1. The molecule has 0 radical (unpaired) electrons. The zero-order valence-corrected chi connectivity index (χ0v) is 11.5. The van der Waals surface area contributed by atoms with Crippen molar-refractivity contribution < 1.29 is 9.53 Å². The lowest BCUT2D eigenvalue weighted by Crippen LogP contribution is -2.40. The van der Waals surface area contributed by atoms with Gasteiger partial charge >= 0.3 is 0 Å². The predicted molar refractivity (Wildman–Crippen MR) is 76.3 cm³/mol. The van der Waals surface area contributed by atoms with Gasteiger partial charge in [-0.25, -0.2) is 0 Å². The Hall–Kier alpha value is -1.36. The summed E-state index contributed by atoms with van der Waals surface area (Å²) >= 11 is 1.85. The van der Waals surface area contributed by atoms with Crippen LogP contribution in [0.1, 0.15) is 13.8 Å². The molecule has 0 aromatic heterocycles. The van der Waals surface area contributed by atoms with Crippen LogP contribution in [0.5, 0.6) is 5.75 Å². The standard InChI is InChI=1S/C13H18N2O2S/c1-9(2)18-6-5-15-11-4-3-10(14)7-12(11)17-8-13(15)16/h3-4,7,9H,5-6,8,14H2,1-2H3. The molecule has 1 heterocycles. The third-order valence-electron chi connectivity index (χ3n) is 2.69. The summed E-state index contributed by atoms with van der Waals surface area (Å²) in [6, 6.07) is 5.41. The summed E-state index contributed by atoms with van der Waals surface area (Å²) in [5.74, 6) is 1.63. The molecule has 0 atom stereocenters. The zero-order valence-electron chi connectivity index (χ0n) is 10.7. The number of hydrogen-bond donors (Lipinski definition) is 1. The highest BCUT2D eigenvalue weighted by molar-refractivity contribution is 7.99. The Morgan fingerprint density at radius 3 is 3.00 bits per heavy atom. The molecular weight excluding hydrogens is 248 g/mol. The molecule has 0 spiro atoms. The van der Waals surface area contributed by atoms with E-state index in [9.17, 15) is 4.79 Å². The van der Waals surface area contributed by atoms with Crippen molar-refractivity contribution in [3.63, 3.8) is 0 Å². The van der Waals surface area contributed by atoms with Gasteiger partial charge in [0.25, 0.3) is 5.91 Å². The van der Waals surface area contributed by atoms with Crippen LogP contribution in [0.2, 0.25) is 0 Å². The average Bonchev–Trinajstić information content (AvgIpc) is 2.31. The first-order valence-electron chi connectivity index (χ1n) is 6.02. The molecule has 0 aliphatic carbocycles. The number of nitrogen functional groups attached to an aromatic ring is 1. The molecule has 2 rings (SSSR count). The molecule has 1 aromatic rings. The van der Waals surface area contributed by atoms with Gasteiger partial charge in [-0.3, -0.25) is 4.79 Å². The van der Waals surface area contributed by atoms with E-state index in [0.29, 0.717) is 23.2 Å². The van der Waals surface area contributed by atoms with Crippen molar-refractivity contribution >= 4 is 29.0 Å². The van der Waals surface area contributed by atoms with Crippen LogP contribution in [0, 0.1) is 0 Å². The molecule has 1 amide bonds. The average molecular weight is 266 g/mol. The van der Waals surface area contributed by atoms with Crippen LogP contribution in [0.3, 0.4) is 0 Å². The Balaban J connectivity index is 2.12. The van der Waals surface area contributed by atoms with Crippen LogP contribution in [-0.4, -0.2) is 30.1 Å². The van der Waals surface area contributed by atoms with Crippen LogP contribution in [0.4, 0.5) is 11.4 Å². The quantitative estimate of drug-likeness (QED) is 0.848. The fraction of sp³-hybridized carbons (Fsp3) is 0.462. The van der Waals surface area contributed by atoms with Crippen LogP contribution in [-0.2, 0) is 4.79 Å². The van der Waals surface area contributed by atoms with Gasteiger partial charge in [0, 0.05) is 24.1 Å². The Morgan fingerprint density at radius 1 is 1.50 bits per heavy atom. The van der Waals surface area contributed by atoms with Gasteiger partial charge in [0.05, 0.1) is 5.69 Å². The van der Waals surface area contributed by atoms with Crippen molar-refractivity contribution in [1.29, 1.82) is 0 Å². The van der Waals surface area contributed by atoms with Crippen molar-refractivity contribution in [3.05, 3.63) is 18.2 Å². The van der Waals surface area contributed by atoms with Gasteiger partial charge in [0.1, 0.15) is 5.75 Å². The Morgan fingerprint density at radius 2 is 2.28 bits per heavy atom. The highest BCUT2D eigenvalue weighted by Crippen LogP contribution is 2.33. The van der Waals surface area contributed by atoms with Crippen LogP contribution in [0.25, 0.3) is 0 Å². The molecule has 98 valence electrons. The minimum absolute atomic E-state index is 0.0108. The molecule has 5 heteroatoms. The number of carbonyl (C=O) groups is 1. The van der Waals surface area contributed by atoms with Gasteiger partial charge in [-0.15, -0.1) is 0 Å². The molecule has 0 bridgehead atoms. The molecule has 1 aliphatic heterocycles. The van der Waals surface area contributed by atoms with Gasteiger partial charge in [-0.05, 0) is 17.4 Å². The number of rotatable bonds is 4. The van der Waals surface area contributed by atoms with E-state index in [-0.39, 0.29) is 12.5 Å². The largest absolute Gasteiger partial charge is 0.481 e. The summed E-state index contributed by atoms with van der Waals surface area (Å²) in [6.07, 6.45) is 0. The Kier molecular flexibility index (Phi) is 4.01. The van der Waals surface area contributed by atoms with Crippen LogP contribution < -0.4 is 15.4 Å². The Labute approximate surface area is 111 Å². The minimum atomic E-state index is 0.0108. The minimum Gasteiger partial charge on any atom is -0.481 e. The third kappa shape index (κ3) is 2.90. The van der Waals surface area contributed by atoms with Crippen molar-refractivity contribution in [3.8, 4) is 5.75 Å². The monoisotopic (exact) mass is 266 g/mol. The second-order valence-electron chi connectivity index (χ2n) is 4.48. The van der Waals surface area contributed by atoms with Crippen molar-refractivity contribution in [2.24, 2.45) is 0 Å². The van der Waals surface area contributed by atoms with Gasteiger partial charge in [0.2, 0.25) is 0 Å². The van der Waals surface area contributed by atoms with E-state index in [1.54, 1.807) is 17.0 Å². The number of nitrogens with two attached hydrogens (primary N) is 1. The highest BCUT2D eigenvalue weighted by atomic mass is 32.2. The molecule has 0 unspecified atom stereocenters. The molecule has 0 saturated carbocycles.